The molecule has 1 amide bonds. The monoisotopic (exact) mass is 328 g/mol. The Balaban J connectivity index is 2.23. The van der Waals surface area contributed by atoms with Crippen molar-refractivity contribution in [2.24, 2.45) is 11.8 Å². The van der Waals surface area contributed by atoms with E-state index in [-0.39, 0.29) is 12.2 Å². The van der Waals surface area contributed by atoms with E-state index in [4.69, 9.17) is 4.74 Å². The molecule has 23 heavy (non-hydrogen) atoms. The van der Waals surface area contributed by atoms with Crippen LogP contribution in [-0.4, -0.2) is 54.0 Å². The largest absolute Gasteiger partial charge is 0.444 e. The predicted molar refractivity (Wildman–Crippen MR) is 93.5 cm³/mol. The van der Waals surface area contributed by atoms with Gasteiger partial charge in [-0.25, -0.2) is 4.79 Å². The predicted octanol–water partition coefficient (Wildman–Crippen LogP) is 3.02. The SMILES string of the molecule is CCC(CC)C(O)CNCC1CCN(C(=O)OC(C)(C)C)CC1. The molecule has 5 heteroatoms. The number of aliphatic hydroxyl groups excluding tert-OH is 1. The molecule has 0 aliphatic carbocycles. The van der Waals surface area contributed by atoms with E-state index < -0.39 is 5.60 Å². The summed E-state index contributed by atoms with van der Waals surface area (Å²) in [7, 11) is 0. The van der Waals surface area contributed by atoms with Crippen molar-refractivity contribution in [3.8, 4) is 0 Å². The standard InChI is InChI=1S/C18H36N2O3/c1-6-15(7-2)16(21)13-19-12-14-8-10-20(11-9-14)17(22)23-18(3,4)5/h14-16,19,21H,6-13H2,1-5H3. The second-order valence-corrected chi connectivity index (χ2v) is 7.71. The Labute approximate surface area is 141 Å². The van der Waals surface area contributed by atoms with Gasteiger partial charge < -0.3 is 20.1 Å². The number of rotatable bonds is 7. The van der Waals surface area contributed by atoms with E-state index in [0.717, 1.165) is 45.3 Å². The lowest BCUT2D eigenvalue weighted by Gasteiger charge is -2.33. The Hall–Kier alpha value is -0.810. The van der Waals surface area contributed by atoms with Crippen LogP contribution in [0.2, 0.25) is 0 Å². The van der Waals surface area contributed by atoms with Gasteiger partial charge in [-0.3, -0.25) is 0 Å². The highest BCUT2D eigenvalue weighted by Crippen LogP contribution is 2.19. The van der Waals surface area contributed by atoms with Crippen molar-refractivity contribution >= 4 is 6.09 Å². The lowest BCUT2D eigenvalue weighted by atomic mass is 9.95. The first-order chi connectivity index (χ1) is 10.8. The molecule has 1 rings (SSSR count). The quantitative estimate of drug-likeness (QED) is 0.754. The maximum Gasteiger partial charge on any atom is 0.410 e. The van der Waals surface area contributed by atoms with E-state index >= 15 is 0 Å². The molecule has 5 nitrogen and oxygen atoms in total. The zero-order valence-electron chi connectivity index (χ0n) is 15.6. The number of aliphatic hydroxyl groups is 1. The van der Waals surface area contributed by atoms with Gasteiger partial charge in [-0.1, -0.05) is 26.7 Å². The van der Waals surface area contributed by atoms with Crippen molar-refractivity contribution in [2.45, 2.75) is 72.0 Å². The summed E-state index contributed by atoms with van der Waals surface area (Å²) < 4.78 is 5.41. The van der Waals surface area contributed by atoms with Crippen LogP contribution in [0.1, 0.15) is 60.3 Å². The highest BCUT2D eigenvalue weighted by atomic mass is 16.6. The number of nitrogens with one attached hydrogen (secondary N) is 1. The number of ether oxygens (including phenoxy) is 1. The molecule has 1 fully saturated rings. The van der Waals surface area contributed by atoms with E-state index in [0.29, 0.717) is 18.4 Å². The number of nitrogens with zero attached hydrogens (tertiary/aromatic N) is 1. The minimum atomic E-state index is -0.430. The Morgan fingerprint density at radius 3 is 2.30 bits per heavy atom. The first-order valence-corrected chi connectivity index (χ1v) is 9.13. The number of piperidine rings is 1. The third kappa shape index (κ3) is 7.53. The number of hydrogen-bond acceptors (Lipinski definition) is 4. The summed E-state index contributed by atoms with van der Waals surface area (Å²) in [6.45, 7) is 13.0. The molecule has 1 aliphatic rings. The number of amides is 1. The van der Waals surface area contributed by atoms with E-state index in [1.807, 2.05) is 20.8 Å². The van der Waals surface area contributed by atoms with E-state index in [1.54, 1.807) is 4.90 Å². The van der Waals surface area contributed by atoms with Crippen molar-refractivity contribution < 1.29 is 14.6 Å². The molecule has 0 aromatic carbocycles. The van der Waals surface area contributed by atoms with Crippen LogP contribution in [-0.2, 0) is 4.74 Å². The summed E-state index contributed by atoms with van der Waals surface area (Å²) in [5, 5.41) is 13.5. The average molecular weight is 328 g/mol. The van der Waals surface area contributed by atoms with Crippen LogP contribution in [0.15, 0.2) is 0 Å². The van der Waals surface area contributed by atoms with E-state index in [2.05, 4.69) is 19.2 Å². The van der Waals surface area contributed by atoms with Gasteiger partial charge in [-0.2, -0.15) is 0 Å². The maximum atomic E-state index is 12.0. The highest BCUT2D eigenvalue weighted by molar-refractivity contribution is 5.68. The highest BCUT2D eigenvalue weighted by Gasteiger charge is 2.26. The van der Waals surface area contributed by atoms with Crippen LogP contribution in [0.5, 0.6) is 0 Å². The zero-order valence-corrected chi connectivity index (χ0v) is 15.6. The minimum Gasteiger partial charge on any atom is -0.444 e. The summed E-state index contributed by atoms with van der Waals surface area (Å²) in [4.78, 5) is 13.8. The molecule has 0 bridgehead atoms. The summed E-state index contributed by atoms with van der Waals surface area (Å²) >= 11 is 0. The van der Waals surface area contributed by atoms with Crippen molar-refractivity contribution in [3.63, 3.8) is 0 Å². The van der Waals surface area contributed by atoms with Gasteiger partial charge in [0.15, 0.2) is 0 Å². The molecule has 1 heterocycles. The lowest BCUT2D eigenvalue weighted by molar-refractivity contribution is 0.0182. The lowest BCUT2D eigenvalue weighted by Crippen LogP contribution is -2.44. The minimum absolute atomic E-state index is 0.201. The maximum absolute atomic E-state index is 12.0. The fourth-order valence-corrected chi connectivity index (χ4v) is 3.08. The molecule has 0 aromatic heterocycles. The van der Waals surface area contributed by atoms with Crippen LogP contribution in [0.3, 0.4) is 0 Å². The summed E-state index contributed by atoms with van der Waals surface area (Å²) in [6, 6.07) is 0. The number of hydrogen-bond donors (Lipinski definition) is 2. The second kappa shape index (κ2) is 9.48. The van der Waals surface area contributed by atoms with Gasteiger partial charge in [-0.15, -0.1) is 0 Å². The molecule has 1 saturated heterocycles. The molecule has 0 aromatic rings. The fraction of sp³-hybridized carbons (Fsp3) is 0.944. The molecule has 1 atom stereocenters. The molecular formula is C18H36N2O3. The Kier molecular flexibility index (Phi) is 8.34. The fourth-order valence-electron chi connectivity index (χ4n) is 3.08. The van der Waals surface area contributed by atoms with Crippen molar-refractivity contribution in [1.82, 2.24) is 10.2 Å². The normalized spacial score (nSPS) is 18.3. The number of likely N-dealkylation sites (tertiary alicyclic amines) is 1. The second-order valence-electron chi connectivity index (χ2n) is 7.71. The summed E-state index contributed by atoms with van der Waals surface area (Å²) in [6.07, 6.45) is 3.57. The molecule has 0 spiro atoms. The third-order valence-corrected chi connectivity index (χ3v) is 4.65. The Morgan fingerprint density at radius 2 is 1.83 bits per heavy atom. The Morgan fingerprint density at radius 1 is 1.26 bits per heavy atom. The smallest absolute Gasteiger partial charge is 0.410 e. The van der Waals surface area contributed by atoms with Crippen molar-refractivity contribution in [3.05, 3.63) is 0 Å². The molecule has 0 radical (unpaired) electrons. The van der Waals surface area contributed by atoms with Gasteiger partial charge in [0.05, 0.1) is 6.10 Å². The van der Waals surface area contributed by atoms with Crippen LogP contribution < -0.4 is 5.32 Å². The zero-order chi connectivity index (χ0) is 17.5. The summed E-state index contributed by atoms with van der Waals surface area (Å²) in [5.41, 5.74) is -0.430. The number of carbonyl (C=O) groups excluding carboxylic acids is 1. The van der Waals surface area contributed by atoms with E-state index in [1.165, 1.54) is 0 Å². The molecule has 2 N–H and O–H groups in total. The first kappa shape index (κ1) is 20.2. The molecule has 1 unspecified atom stereocenters. The third-order valence-electron chi connectivity index (χ3n) is 4.65. The van der Waals surface area contributed by atoms with Gasteiger partial charge in [0, 0.05) is 19.6 Å². The van der Waals surface area contributed by atoms with Gasteiger partial charge in [-0.05, 0) is 52.0 Å². The number of carbonyl (C=O) groups is 1. The Bertz CT molecular complexity index is 343. The molecule has 136 valence electrons. The summed E-state index contributed by atoms with van der Waals surface area (Å²) in [5.74, 6) is 0.958. The van der Waals surface area contributed by atoms with Gasteiger partial charge in [0.1, 0.15) is 5.60 Å². The van der Waals surface area contributed by atoms with Crippen molar-refractivity contribution in [2.75, 3.05) is 26.2 Å². The van der Waals surface area contributed by atoms with Gasteiger partial charge in [0.2, 0.25) is 0 Å². The van der Waals surface area contributed by atoms with Crippen LogP contribution in [0, 0.1) is 11.8 Å². The van der Waals surface area contributed by atoms with Crippen LogP contribution in [0.25, 0.3) is 0 Å². The van der Waals surface area contributed by atoms with Crippen LogP contribution >= 0.6 is 0 Å². The molecule has 0 saturated carbocycles. The molecule has 1 aliphatic heterocycles. The van der Waals surface area contributed by atoms with E-state index in [9.17, 15) is 9.90 Å². The average Bonchev–Trinajstić information content (AvgIpc) is 2.47. The van der Waals surface area contributed by atoms with Crippen molar-refractivity contribution in [1.29, 1.82) is 0 Å². The van der Waals surface area contributed by atoms with Gasteiger partial charge >= 0.3 is 6.09 Å². The van der Waals surface area contributed by atoms with Crippen LogP contribution in [0.4, 0.5) is 4.79 Å². The first-order valence-electron chi connectivity index (χ1n) is 9.13. The molecular weight excluding hydrogens is 292 g/mol. The topological polar surface area (TPSA) is 61.8 Å². The van der Waals surface area contributed by atoms with Gasteiger partial charge in [0.25, 0.3) is 0 Å².